The number of aryl methyl sites for hydroxylation is 1. The highest BCUT2D eigenvalue weighted by atomic mass is 32.1. The Kier molecular flexibility index (Phi) is 6.52. The minimum Gasteiger partial charge on any atom is -0.325 e. The zero-order chi connectivity index (χ0) is 25.2. The summed E-state index contributed by atoms with van der Waals surface area (Å²) >= 11 is 1.25. The Bertz CT molecular complexity index is 1670. The van der Waals surface area contributed by atoms with Crippen LogP contribution in [0.5, 0.6) is 0 Å². The summed E-state index contributed by atoms with van der Waals surface area (Å²) in [5, 5.41) is 3.57. The molecule has 3 heterocycles. The van der Waals surface area contributed by atoms with Crippen molar-refractivity contribution in [3.8, 4) is 0 Å². The van der Waals surface area contributed by atoms with Crippen molar-refractivity contribution in [1.82, 2.24) is 14.1 Å². The van der Waals surface area contributed by atoms with Gasteiger partial charge in [0.15, 0.2) is 0 Å². The average molecular weight is 499 g/mol. The van der Waals surface area contributed by atoms with Gasteiger partial charge < -0.3 is 5.32 Å². The maximum atomic E-state index is 13.6. The van der Waals surface area contributed by atoms with Crippen LogP contribution in [0.4, 0.5) is 5.69 Å². The summed E-state index contributed by atoms with van der Waals surface area (Å²) in [6.45, 7) is 4.22. The molecule has 5 aromatic rings. The van der Waals surface area contributed by atoms with E-state index in [4.69, 9.17) is 0 Å². The van der Waals surface area contributed by atoms with E-state index in [1.165, 1.54) is 26.0 Å². The summed E-state index contributed by atoms with van der Waals surface area (Å²) in [6, 6.07) is 21.0. The molecular formula is C28H26N4O3S. The van der Waals surface area contributed by atoms with Crippen molar-refractivity contribution in [1.29, 1.82) is 0 Å². The highest BCUT2D eigenvalue weighted by Crippen LogP contribution is 2.29. The van der Waals surface area contributed by atoms with Crippen molar-refractivity contribution >= 4 is 43.4 Å². The van der Waals surface area contributed by atoms with E-state index >= 15 is 0 Å². The Morgan fingerprint density at radius 3 is 2.44 bits per heavy atom. The summed E-state index contributed by atoms with van der Waals surface area (Å²) in [6.07, 6.45) is 2.18. The van der Waals surface area contributed by atoms with Gasteiger partial charge in [-0.05, 0) is 47.7 Å². The molecule has 7 nitrogen and oxygen atoms in total. The van der Waals surface area contributed by atoms with Gasteiger partial charge in [-0.1, -0.05) is 56.3 Å². The predicted octanol–water partition coefficient (Wildman–Crippen LogP) is 4.78. The van der Waals surface area contributed by atoms with Crippen LogP contribution in [0.15, 0.2) is 82.5 Å². The van der Waals surface area contributed by atoms with E-state index in [1.54, 1.807) is 12.3 Å². The SMILES string of the molecule is CC(C)c1ccc(NC(=O)Cn2c(=O)n(CCc3ccccc3)c(=O)c3sc4ncccc4c32)cc1. The molecule has 0 saturated heterocycles. The van der Waals surface area contributed by atoms with Crippen molar-refractivity contribution in [2.75, 3.05) is 5.32 Å². The first-order chi connectivity index (χ1) is 17.4. The van der Waals surface area contributed by atoms with Crippen LogP contribution in [0, 0.1) is 0 Å². The molecular weight excluding hydrogens is 472 g/mol. The Labute approximate surface area is 211 Å². The van der Waals surface area contributed by atoms with Crippen molar-refractivity contribution < 1.29 is 4.79 Å². The highest BCUT2D eigenvalue weighted by molar-refractivity contribution is 7.25. The van der Waals surface area contributed by atoms with Gasteiger partial charge in [0.05, 0.1) is 5.52 Å². The number of nitrogens with zero attached hydrogens (tertiary/aromatic N) is 3. The number of aromatic nitrogens is 3. The Morgan fingerprint density at radius 1 is 0.972 bits per heavy atom. The van der Waals surface area contributed by atoms with Crippen LogP contribution in [0.25, 0.3) is 20.4 Å². The number of nitrogens with one attached hydrogen (secondary N) is 1. The van der Waals surface area contributed by atoms with E-state index in [1.807, 2.05) is 60.7 Å². The van der Waals surface area contributed by atoms with Gasteiger partial charge in [-0.2, -0.15) is 0 Å². The van der Waals surface area contributed by atoms with E-state index in [0.29, 0.717) is 38.5 Å². The molecule has 0 bridgehead atoms. The van der Waals surface area contributed by atoms with Crippen LogP contribution in [0.1, 0.15) is 30.9 Å². The van der Waals surface area contributed by atoms with Gasteiger partial charge in [0.2, 0.25) is 5.91 Å². The molecule has 0 radical (unpaired) electrons. The molecule has 182 valence electrons. The Balaban J connectivity index is 1.54. The number of carbonyl (C=O) groups is 1. The smallest absolute Gasteiger partial charge is 0.325 e. The molecule has 0 spiro atoms. The second-order valence-electron chi connectivity index (χ2n) is 9.02. The Hall–Kier alpha value is -4.04. The molecule has 0 atom stereocenters. The van der Waals surface area contributed by atoms with Crippen molar-refractivity contribution in [3.63, 3.8) is 0 Å². The summed E-state index contributed by atoms with van der Waals surface area (Å²) in [5.41, 5.74) is 2.46. The van der Waals surface area contributed by atoms with Crippen molar-refractivity contribution in [2.45, 2.75) is 39.3 Å². The first kappa shape index (κ1) is 23.7. The number of hydrogen-bond donors (Lipinski definition) is 1. The maximum Gasteiger partial charge on any atom is 0.332 e. The molecule has 2 aromatic carbocycles. The minimum absolute atomic E-state index is 0.215. The normalized spacial score (nSPS) is 11.4. The second kappa shape index (κ2) is 9.91. The Morgan fingerprint density at radius 2 is 1.72 bits per heavy atom. The van der Waals surface area contributed by atoms with E-state index in [2.05, 4.69) is 24.1 Å². The van der Waals surface area contributed by atoms with Gasteiger partial charge >= 0.3 is 5.69 Å². The van der Waals surface area contributed by atoms with Crippen LogP contribution in [-0.4, -0.2) is 20.0 Å². The molecule has 0 unspecified atom stereocenters. The van der Waals surface area contributed by atoms with Crippen LogP contribution < -0.4 is 16.6 Å². The molecule has 36 heavy (non-hydrogen) atoms. The van der Waals surface area contributed by atoms with Gasteiger partial charge in [0, 0.05) is 23.8 Å². The molecule has 1 amide bonds. The maximum absolute atomic E-state index is 13.6. The van der Waals surface area contributed by atoms with E-state index in [0.717, 1.165) is 5.56 Å². The molecule has 5 rings (SSSR count). The lowest BCUT2D eigenvalue weighted by Gasteiger charge is -2.13. The molecule has 0 aliphatic heterocycles. The van der Waals surface area contributed by atoms with Crippen molar-refractivity contribution in [2.24, 2.45) is 0 Å². The number of anilines is 1. The van der Waals surface area contributed by atoms with Gasteiger partial charge in [0.25, 0.3) is 5.56 Å². The lowest BCUT2D eigenvalue weighted by Crippen LogP contribution is -2.41. The quantitative estimate of drug-likeness (QED) is 0.350. The van der Waals surface area contributed by atoms with E-state index < -0.39 is 5.69 Å². The fraction of sp³-hybridized carbons (Fsp3) is 0.214. The van der Waals surface area contributed by atoms with Crippen LogP contribution in [0.3, 0.4) is 0 Å². The van der Waals surface area contributed by atoms with Gasteiger partial charge in [0.1, 0.15) is 16.1 Å². The second-order valence-corrected chi connectivity index (χ2v) is 10.0. The average Bonchev–Trinajstić information content (AvgIpc) is 3.27. The lowest BCUT2D eigenvalue weighted by molar-refractivity contribution is -0.116. The standard InChI is InChI=1S/C28H26N4O3S/c1-18(2)20-10-12-21(13-11-20)30-23(33)17-32-24-22-9-6-15-29-26(22)36-25(24)27(34)31(28(32)35)16-14-19-7-4-3-5-8-19/h3-13,15,18H,14,16-17H2,1-2H3,(H,30,33). The number of pyridine rings is 1. The number of carbonyl (C=O) groups excluding carboxylic acids is 1. The summed E-state index contributed by atoms with van der Waals surface area (Å²) < 4.78 is 3.06. The molecule has 0 aliphatic carbocycles. The fourth-order valence-corrected chi connectivity index (χ4v) is 5.40. The first-order valence-corrected chi connectivity index (χ1v) is 12.7. The zero-order valence-corrected chi connectivity index (χ0v) is 20.9. The molecule has 3 aromatic heterocycles. The summed E-state index contributed by atoms with van der Waals surface area (Å²) in [4.78, 5) is 45.1. The predicted molar refractivity (Wildman–Crippen MR) is 145 cm³/mol. The van der Waals surface area contributed by atoms with Gasteiger partial charge in [-0.15, -0.1) is 11.3 Å². The lowest BCUT2D eigenvalue weighted by atomic mass is 10.0. The van der Waals surface area contributed by atoms with Crippen LogP contribution in [0.2, 0.25) is 0 Å². The number of hydrogen-bond acceptors (Lipinski definition) is 5. The first-order valence-electron chi connectivity index (χ1n) is 11.9. The molecule has 1 N–H and O–H groups in total. The topological polar surface area (TPSA) is 86.0 Å². The number of thiophene rings is 1. The third-order valence-corrected chi connectivity index (χ3v) is 7.33. The third kappa shape index (κ3) is 4.59. The largest absolute Gasteiger partial charge is 0.332 e. The third-order valence-electron chi connectivity index (χ3n) is 6.24. The summed E-state index contributed by atoms with van der Waals surface area (Å²) in [5.74, 6) is 0.0474. The number of benzene rings is 2. The monoisotopic (exact) mass is 498 g/mol. The molecule has 0 aliphatic rings. The number of amides is 1. The molecule has 8 heteroatoms. The van der Waals surface area contributed by atoms with Gasteiger partial charge in [-0.25, -0.2) is 9.78 Å². The van der Waals surface area contributed by atoms with E-state index in [-0.39, 0.29) is 24.6 Å². The molecule has 0 fully saturated rings. The number of rotatable bonds is 7. The number of fused-ring (bicyclic) bond motifs is 3. The highest BCUT2D eigenvalue weighted by Gasteiger charge is 2.20. The van der Waals surface area contributed by atoms with Crippen molar-refractivity contribution in [3.05, 3.63) is 105 Å². The molecule has 0 saturated carbocycles. The van der Waals surface area contributed by atoms with Crippen LogP contribution in [-0.2, 0) is 24.3 Å². The zero-order valence-electron chi connectivity index (χ0n) is 20.1. The minimum atomic E-state index is -0.503. The fourth-order valence-electron chi connectivity index (χ4n) is 4.31. The summed E-state index contributed by atoms with van der Waals surface area (Å²) in [7, 11) is 0. The van der Waals surface area contributed by atoms with Crippen LogP contribution >= 0.6 is 11.3 Å². The van der Waals surface area contributed by atoms with E-state index in [9.17, 15) is 14.4 Å². The van der Waals surface area contributed by atoms with Gasteiger partial charge in [-0.3, -0.25) is 18.7 Å².